The van der Waals surface area contributed by atoms with E-state index in [1.165, 1.54) is 7.11 Å². The quantitative estimate of drug-likeness (QED) is 0.457. The standard InChI is InChI=1S/C21H23BrN2O4S/c1-3-28-19(25)11-12-24(14-15-7-5-4-6-8-15)21(29)23-20(26)17-13-16(22)9-10-18(17)27-2/h4-10,13H,3,11-12,14H2,1-2H3,(H,23,26,29). The molecule has 1 amide bonds. The molecule has 0 aliphatic heterocycles. The highest BCUT2D eigenvalue weighted by Crippen LogP contribution is 2.23. The van der Waals surface area contributed by atoms with Gasteiger partial charge in [0, 0.05) is 17.6 Å². The first-order valence-electron chi connectivity index (χ1n) is 9.08. The Kier molecular flexibility index (Phi) is 9.08. The Morgan fingerprint density at radius 1 is 1.17 bits per heavy atom. The summed E-state index contributed by atoms with van der Waals surface area (Å²) in [6.45, 7) is 2.86. The molecule has 2 aromatic rings. The zero-order valence-corrected chi connectivity index (χ0v) is 18.7. The topological polar surface area (TPSA) is 67.9 Å². The van der Waals surface area contributed by atoms with Gasteiger partial charge in [-0.1, -0.05) is 46.3 Å². The molecule has 0 unspecified atom stereocenters. The summed E-state index contributed by atoms with van der Waals surface area (Å²) in [6.07, 6.45) is 0.164. The highest BCUT2D eigenvalue weighted by Gasteiger charge is 2.19. The molecule has 0 spiro atoms. The van der Waals surface area contributed by atoms with Crippen molar-refractivity contribution in [2.45, 2.75) is 19.9 Å². The van der Waals surface area contributed by atoms with Crippen LogP contribution < -0.4 is 10.1 Å². The van der Waals surface area contributed by atoms with Gasteiger partial charge in [0.2, 0.25) is 0 Å². The van der Waals surface area contributed by atoms with Crippen LogP contribution in [-0.2, 0) is 16.1 Å². The third-order valence-corrected chi connectivity index (χ3v) is 4.87. The second-order valence-electron chi connectivity index (χ2n) is 6.07. The second kappa shape index (κ2) is 11.5. The molecule has 0 saturated heterocycles. The number of thiocarbonyl (C=S) groups is 1. The second-order valence-corrected chi connectivity index (χ2v) is 7.37. The Morgan fingerprint density at radius 3 is 2.55 bits per heavy atom. The van der Waals surface area contributed by atoms with Crippen molar-refractivity contribution >= 4 is 45.1 Å². The van der Waals surface area contributed by atoms with E-state index in [1.54, 1.807) is 30.0 Å². The van der Waals surface area contributed by atoms with Gasteiger partial charge in [-0.25, -0.2) is 0 Å². The molecule has 0 fully saturated rings. The Morgan fingerprint density at radius 2 is 1.90 bits per heavy atom. The van der Waals surface area contributed by atoms with Gasteiger partial charge in [0.25, 0.3) is 5.91 Å². The molecular formula is C21H23BrN2O4S. The number of esters is 1. The number of hydrogen-bond donors (Lipinski definition) is 1. The van der Waals surface area contributed by atoms with Crippen molar-refractivity contribution in [2.75, 3.05) is 20.3 Å². The van der Waals surface area contributed by atoms with Gasteiger partial charge in [-0.15, -0.1) is 0 Å². The number of nitrogens with one attached hydrogen (secondary N) is 1. The van der Waals surface area contributed by atoms with Crippen LogP contribution in [0.3, 0.4) is 0 Å². The van der Waals surface area contributed by atoms with Crippen LogP contribution in [-0.4, -0.2) is 42.2 Å². The number of nitrogens with zero attached hydrogens (tertiary/aromatic N) is 1. The number of benzene rings is 2. The summed E-state index contributed by atoms with van der Waals surface area (Å²) in [6, 6.07) is 14.8. The van der Waals surface area contributed by atoms with Crippen LogP contribution in [0.1, 0.15) is 29.3 Å². The van der Waals surface area contributed by atoms with E-state index >= 15 is 0 Å². The first-order valence-corrected chi connectivity index (χ1v) is 10.3. The smallest absolute Gasteiger partial charge is 0.307 e. The van der Waals surface area contributed by atoms with Crippen molar-refractivity contribution in [3.05, 3.63) is 64.1 Å². The van der Waals surface area contributed by atoms with Gasteiger partial charge in [0.1, 0.15) is 5.75 Å². The predicted octanol–water partition coefficient (Wildman–Crippen LogP) is 3.93. The van der Waals surface area contributed by atoms with E-state index in [4.69, 9.17) is 21.7 Å². The zero-order valence-electron chi connectivity index (χ0n) is 16.3. The summed E-state index contributed by atoms with van der Waals surface area (Å²) in [7, 11) is 1.50. The summed E-state index contributed by atoms with van der Waals surface area (Å²) >= 11 is 8.83. The lowest BCUT2D eigenvalue weighted by atomic mass is 10.2. The van der Waals surface area contributed by atoms with Crippen molar-refractivity contribution in [3.63, 3.8) is 0 Å². The molecule has 0 atom stereocenters. The molecular weight excluding hydrogens is 456 g/mol. The molecule has 0 aliphatic carbocycles. The third kappa shape index (κ3) is 7.14. The number of halogens is 1. The van der Waals surface area contributed by atoms with E-state index in [2.05, 4.69) is 21.2 Å². The van der Waals surface area contributed by atoms with Gasteiger partial charge < -0.3 is 14.4 Å². The fraction of sp³-hybridized carbons (Fsp3) is 0.286. The monoisotopic (exact) mass is 478 g/mol. The third-order valence-electron chi connectivity index (χ3n) is 4.02. The number of hydrogen-bond acceptors (Lipinski definition) is 5. The van der Waals surface area contributed by atoms with E-state index in [0.717, 1.165) is 10.0 Å². The van der Waals surface area contributed by atoms with Crippen molar-refractivity contribution in [1.82, 2.24) is 10.2 Å². The number of carbonyl (C=O) groups is 2. The summed E-state index contributed by atoms with van der Waals surface area (Å²) < 4.78 is 11.0. The molecule has 0 bridgehead atoms. The van der Waals surface area contributed by atoms with Gasteiger partial charge in [0.15, 0.2) is 5.11 Å². The molecule has 29 heavy (non-hydrogen) atoms. The minimum absolute atomic E-state index is 0.164. The maximum absolute atomic E-state index is 12.8. The minimum Gasteiger partial charge on any atom is -0.496 e. The SMILES string of the molecule is CCOC(=O)CCN(Cc1ccccc1)C(=S)NC(=O)c1cc(Br)ccc1OC. The van der Waals surface area contributed by atoms with Crippen LogP contribution in [0.5, 0.6) is 5.75 Å². The fourth-order valence-electron chi connectivity index (χ4n) is 2.62. The van der Waals surface area contributed by atoms with E-state index in [9.17, 15) is 9.59 Å². The molecule has 0 saturated carbocycles. The molecule has 0 aromatic heterocycles. The number of carbonyl (C=O) groups excluding carboxylic acids is 2. The van der Waals surface area contributed by atoms with Crippen LogP contribution in [0.4, 0.5) is 0 Å². The molecule has 2 aromatic carbocycles. The molecule has 1 N–H and O–H groups in total. The maximum Gasteiger partial charge on any atom is 0.307 e. The molecule has 2 rings (SSSR count). The lowest BCUT2D eigenvalue weighted by Gasteiger charge is -2.25. The van der Waals surface area contributed by atoms with Crippen molar-refractivity contribution < 1.29 is 19.1 Å². The first-order chi connectivity index (χ1) is 13.9. The van der Waals surface area contributed by atoms with Gasteiger partial charge >= 0.3 is 5.97 Å². The van der Waals surface area contributed by atoms with Crippen LogP contribution in [0, 0.1) is 0 Å². The van der Waals surface area contributed by atoms with Crippen LogP contribution in [0.25, 0.3) is 0 Å². The normalized spacial score (nSPS) is 10.2. The van der Waals surface area contributed by atoms with E-state index in [0.29, 0.717) is 31.0 Å². The zero-order chi connectivity index (χ0) is 21.2. The number of rotatable bonds is 8. The molecule has 0 aliphatic rings. The Balaban J connectivity index is 2.14. The van der Waals surface area contributed by atoms with Gasteiger partial charge in [0.05, 0.1) is 25.7 Å². The first kappa shape index (κ1) is 22.8. The van der Waals surface area contributed by atoms with Crippen molar-refractivity contribution in [3.8, 4) is 5.75 Å². The van der Waals surface area contributed by atoms with Crippen LogP contribution >= 0.6 is 28.1 Å². The molecule has 0 radical (unpaired) electrons. The lowest BCUT2D eigenvalue weighted by Crippen LogP contribution is -2.43. The highest BCUT2D eigenvalue weighted by molar-refractivity contribution is 9.10. The molecule has 6 nitrogen and oxygen atoms in total. The average Bonchev–Trinajstić information content (AvgIpc) is 2.71. The van der Waals surface area contributed by atoms with Crippen LogP contribution in [0.15, 0.2) is 53.0 Å². The summed E-state index contributed by atoms with van der Waals surface area (Å²) in [5, 5.41) is 2.97. The van der Waals surface area contributed by atoms with Crippen molar-refractivity contribution in [2.24, 2.45) is 0 Å². The fourth-order valence-corrected chi connectivity index (χ4v) is 3.23. The number of methoxy groups -OCH3 is 1. The predicted molar refractivity (Wildman–Crippen MR) is 119 cm³/mol. The van der Waals surface area contributed by atoms with Gasteiger partial charge in [-0.05, 0) is 42.9 Å². The Hall–Kier alpha value is -2.45. The molecule has 154 valence electrons. The lowest BCUT2D eigenvalue weighted by molar-refractivity contribution is -0.143. The summed E-state index contributed by atoms with van der Waals surface area (Å²) in [5.74, 6) is -0.259. The highest BCUT2D eigenvalue weighted by atomic mass is 79.9. The maximum atomic E-state index is 12.8. The van der Waals surface area contributed by atoms with Crippen molar-refractivity contribution in [1.29, 1.82) is 0 Å². The average molecular weight is 479 g/mol. The molecule has 8 heteroatoms. The summed E-state index contributed by atoms with van der Waals surface area (Å²) in [4.78, 5) is 26.3. The van der Waals surface area contributed by atoms with Crippen LogP contribution in [0.2, 0.25) is 0 Å². The Bertz CT molecular complexity index is 861. The van der Waals surface area contributed by atoms with Gasteiger partial charge in [-0.2, -0.15) is 0 Å². The number of amides is 1. The van der Waals surface area contributed by atoms with E-state index in [-0.39, 0.29) is 23.4 Å². The minimum atomic E-state index is -0.387. The summed E-state index contributed by atoms with van der Waals surface area (Å²) in [5.41, 5.74) is 1.36. The van der Waals surface area contributed by atoms with E-state index in [1.807, 2.05) is 30.3 Å². The van der Waals surface area contributed by atoms with E-state index < -0.39 is 0 Å². The Labute approximate surface area is 184 Å². The molecule has 0 heterocycles. The largest absolute Gasteiger partial charge is 0.496 e. The number of ether oxygens (including phenoxy) is 2. The van der Waals surface area contributed by atoms with Gasteiger partial charge in [-0.3, -0.25) is 14.9 Å².